The van der Waals surface area contributed by atoms with Crippen molar-refractivity contribution < 1.29 is 0 Å². The molecule has 0 saturated heterocycles. The van der Waals surface area contributed by atoms with Crippen LogP contribution in [0.1, 0.15) is 0 Å². The van der Waals surface area contributed by atoms with Gasteiger partial charge in [0.2, 0.25) is 0 Å². The van der Waals surface area contributed by atoms with Crippen LogP contribution in [0.15, 0.2) is 0 Å². The predicted octanol–water partition coefficient (Wildman–Crippen LogP) is 2.18. The molecule has 0 atom stereocenters. The van der Waals surface area contributed by atoms with Crippen LogP contribution in [0.4, 0.5) is 0 Å². The fraction of sp³-hybridized carbons (Fsp3) is 0.800. The molecule has 0 saturated carbocycles. The standard InChI is InChI=1S/C5H10INP/c1-8(2,5-6)4-3-7/h4-5H2,1-2H3/q+1. The van der Waals surface area contributed by atoms with E-state index in [0.717, 1.165) is 6.16 Å². The SMILES string of the molecule is C[P+](C)(CI)CC#N. The lowest BCUT2D eigenvalue weighted by molar-refractivity contribution is 1.48. The molecular weight excluding hydrogens is 232 g/mol. The molecule has 0 N–H and O–H groups in total. The number of nitriles is 1. The van der Waals surface area contributed by atoms with Crippen LogP contribution >= 0.6 is 29.9 Å². The topological polar surface area (TPSA) is 23.8 Å². The summed E-state index contributed by atoms with van der Waals surface area (Å²) < 4.78 is 1.16. The van der Waals surface area contributed by atoms with E-state index in [1.165, 1.54) is 4.17 Å². The van der Waals surface area contributed by atoms with E-state index in [1.54, 1.807) is 0 Å². The molecular formula is C5H10INP+. The minimum absolute atomic E-state index is 0.774. The van der Waals surface area contributed by atoms with Crippen molar-refractivity contribution in [1.82, 2.24) is 0 Å². The van der Waals surface area contributed by atoms with Crippen molar-refractivity contribution in [2.75, 3.05) is 23.7 Å². The van der Waals surface area contributed by atoms with Gasteiger partial charge >= 0.3 is 0 Å². The van der Waals surface area contributed by atoms with Crippen molar-refractivity contribution in [2.24, 2.45) is 0 Å². The van der Waals surface area contributed by atoms with Gasteiger partial charge in [-0.15, -0.1) is 0 Å². The summed E-state index contributed by atoms with van der Waals surface area (Å²) in [4.78, 5) is 0. The van der Waals surface area contributed by atoms with Gasteiger partial charge in [-0.2, -0.15) is 5.26 Å². The maximum Gasteiger partial charge on any atom is 0.145 e. The van der Waals surface area contributed by atoms with Gasteiger partial charge in [-0.05, 0) is 22.6 Å². The summed E-state index contributed by atoms with van der Waals surface area (Å²) in [6, 6.07) is 2.20. The van der Waals surface area contributed by atoms with E-state index in [1.807, 2.05) is 0 Å². The summed E-state index contributed by atoms with van der Waals surface area (Å²) in [5.41, 5.74) is 0. The fourth-order valence-corrected chi connectivity index (χ4v) is 1.42. The third kappa shape index (κ3) is 3.63. The molecule has 0 amide bonds. The van der Waals surface area contributed by atoms with E-state index in [9.17, 15) is 0 Å². The largest absolute Gasteiger partial charge is 0.194 e. The molecule has 3 heteroatoms. The number of alkyl halides is 1. The van der Waals surface area contributed by atoms with E-state index >= 15 is 0 Å². The minimum atomic E-state index is -0.798. The van der Waals surface area contributed by atoms with Crippen LogP contribution in [0.5, 0.6) is 0 Å². The van der Waals surface area contributed by atoms with Gasteiger partial charge in [0, 0.05) is 7.26 Å². The summed E-state index contributed by atoms with van der Waals surface area (Å²) >= 11 is 2.35. The van der Waals surface area contributed by atoms with Crippen LogP contribution < -0.4 is 0 Å². The number of hydrogen-bond acceptors (Lipinski definition) is 1. The van der Waals surface area contributed by atoms with E-state index in [-0.39, 0.29) is 0 Å². The molecule has 0 unspecified atom stereocenters. The molecule has 46 valence electrons. The molecule has 0 aromatic rings. The fourth-order valence-electron chi connectivity index (χ4n) is 0.234. The van der Waals surface area contributed by atoms with Gasteiger partial charge in [0.15, 0.2) is 0 Å². The first-order chi connectivity index (χ1) is 3.62. The van der Waals surface area contributed by atoms with Crippen LogP contribution in [-0.4, -0.2) is 23.7 Å². The smallest absolute Gasteiger partial charge is 0.145 e. The highest BCUT2D eigenvalue weighted by Gasteiger charge is 2.21. The Bertz CT molecular complexity index is 105. The second-order valence-corrected chi connectivity index (χ2v) is 8.85. The van der Waals surface area contributed by atoms with Crippen molar-refractivity contribution in [3.05, 3.63) is 0 Å². The van der Waals surface area contributed by atoms with Gasteiger partial charge in [0.1, 0.15) is 16.4 Å². The summed E-state index contributed by atoms with van der Waals surface area (Å²) in [6.45, 7) is 4.42. The Hall–Kier alpha value is 0.650. The van der Waals surface area contributed by atoms with Crippen LogP contribution in [-0.2, 0) is 0 Å². The van der Waals surface area contributed by atoms with E-state index in [4.69, 9.17) is 5.26 Å². The van der Waals surface area contributed by atoms with Crippen molar-refractivity contribution >= 4 is 29.9 Å². The number of halogens is 1. The van der Waals surface area contributed by atoms with Gasteiger partial charge in [0.25, 0.3) is 0 Å². The molecule has 0 spiro atoms. The van der Waals surface area contributed by atoms with Gasteiger partial charge in [-0.25, -0.2) is 0 Å². The second kappa shape index (κ2) is 3.63. The van der Waals surface area contributed by atoms with Gasteiger partial charge in [-0.1, -0.05) is 0 Å². The average Bonchev–Trinajstić information content (AvgIpc) is 1.67. The van der Waals surface area contributed by atoms with Crippen molar-refractivity contribution in [3.8, 4) is 6.07 Å². The first-order valence-electron chi connectivity index (χ1n) is 2.37. The lowest BCUT2D eigenvalue weighted by Crippen LogP contribution is -1.92. The molecule has 0 fully saturated rings. The molecule has 0 aliphatic heterocycles. The molecule has 0 bridgehead atoms. The Morgan fingerprint density at radius 3 is 2.25 bits per heavy atom. The monoisotopic (exact) mass is 242 g/mol. The molecule has 8 heavy (non-hydrogen) atoms. The van der Waals surface area contributed by atoms with Gasteiger partial charge in [0.05, 0.1) is 13.3 Å². The lowest BCUT2D eigenvalue weighted by atomic mass is 10.9. The summed E-state index contributed by atoms with van der Waals surface area (Å²) in [7, 11) is -0.798. The Morgan fingerprint density at radius 1 is 1.62 bits per heavy atom. The third-order valence-corrected chi connectivity index (χ3v) is 8.01. The first-order valence-corrected chi connectivity index (χ1v) is 6.95. The zero-order valence-electron chi connectivity index (χ0n) is 5.19. The van der Waals surface area contributed by atoms with Crippen LogP contribution in [0.3, 0.4) is 0 Å². The second-order valence-electron chi connectivity index (χ2n) is 2.37. The summed E-state index contributed by atoms with van der Waals surface area (Å²) in [5, 5.41) is 8.31. The van der Waals surface area contributed by atoms with Crippen LogP contribution in [0.2, 0.25) is 0 Å². The van der Waals surface area contributed by atoms with Gasteiger partial charge < -0.3 is 0 Å². The van der Waals surface area contributed by atoms with Gasteiger partial charge in [-0.3, -0.25) is 0 Å². The quantitative estimate of drug-likeness (QED) is 0.413. The Morgan fingerprint density at radius 2 is 2.12 bits per heavy atom. The van der Waals surface area contributed by atoms with Crippen molar-refractivity contribution in [3.63, 3.8) is 0 Å². The van der Waals surface area contributed by atoms with Crippen molar-refractivity contribution in [1.29, 1.82) is 5.26 Å². The van der Waals surface area contributed by atoms with E-state index in [2.05, 4.69) is 42.0 Å². The summed E-state index contributed by atoms with van der Waals surface area (Å²) in [5.74, 6) is 0. The van der Waals surface area contributed by atoms with E-state index < -0.39 is 7.26 Å². The Labute approximate surface area is 64.9 Å². The molecule has 0 aliphatic carbocycles. The molecule has 0 aliphatic rings. The molecule has 1 nitrogen and oxygen atoms in total. The average molecular weight is 242 g/mol. The predicted molar refractivity (Wildman–Crippen MR) is 48.1 cm³/mol. The normalized spacial score (nSPS) is 10.8. The zero-order valence-corrected chi connectivity index (χ0v) is 8.24. The lowest BCUT2D eigenvalue weighted by Gasteiger charge is -2.08. The number of hydrogen-bond donors (Lipinski definition) is 0. The minimum Gasteiger partial charge on any atom is -0.194 e. The molecule has 0 aromatic carbocycles. The number of rotatable bonds is 2. The molecule has 0 heterocycles. The van der Waals surface area contributed by atoms with Crippen molar-refractivity contribution in [2.45, 2.75) is 0 Å². The highest BCUT2D eigenvalue weighted by molar-refractivity contribution is 14.1. The third-order valence-electron chi connectivity index (χ3n) is 0.822. The van der Waals surface area contributed by atoms with Crippen LogP contribution in [0.25, 0.3) is 0 Å². The zero-order chi connectivity index (χ0) is 6.62. The van der Waals surface area contributed by atoms with E-state index in [0.29, 0.717) is 0 Å². The number of nitrogens with zero attached hydrogens (tertiary/aromatic N) is 1. The molecule has 0 aromatic heterocycles. The molecule has 0 rings (SSSR count). The Kier molecular flexibility index (Phi) is 3.93. The summed E-state index contributed by atoms with van der Waals surface area (Å²) in [6.07, 6.45) is 0.774. The Balaban J connectivity index is 3.58. The maximum absolute atomic E-state index is 8.31. The molecule has 0 radical (unpaired) electrons. The highest BCUT2D eigenvalue weighted by Crippen LogP contribution is 2.51. The van der Waals surface area contributed by atoms with Crippen LogP contribution in [0, 0.1) is 11.3 Å². The maximum atomic E-state index is 8.31. The first kappa shape index (κ1) is 8.65. The highest BCUT2D eigenvalue weighted by atomic mass is 127.